The molecule has 4 aliphatic carbocycles. The lowest BCUT2D eigenvalue weighted by Gasteiger charge is -2.55. The molecule has 1 heterocycles. The first-order valence-electron chi connectivity index (χ1n) is 14.0. The predicted molar refractivity (Wildman–Crippen MR) is 139 cm³/mol. The zero-order chi connectivity index (χ0) is 25.1. The molecule has 1 aromatic carbocycles. The fourth-order valence-electron chi connectivity index (χ4n) is 8.41. The van der Waals surface area contributed by atoms with E-state index in [1.165, 1.54) is 18.4 Å². The maximum Gasteiger partial charge on any atom is 0.193 e. The molecule has 1 aliphatic heterocycles. The third-order valence-electron chi connectivity index (χ3n) is 10.3. The number of rotatable bonds is 1. The lowest BCUT2D eigenvalue weighted by atomic mass is 9.52. The Labute approximate surface area is 215 Å². The number of fused-ring (bicyclic) bond motifs is 4. The summed E-state index contributed by atoms with van der Waals surface area (Å²) >= 11 is 0. The summed E-state index contributed by atoms with van der Waals surface area (Å²) in [6, 6.07) is 8.51. The molecule has 6 rings (SSSR count). The maximum absolute atomic E-state index is 11.1. The van der Waals surface area contributed by atoms with Crippen molar-refractivity contribution in [1.29, 1.82) is 0 Å². The third kappa shape index (κ3) is 3.99. The number of aldehydes is 1. The van der Waals surface area contributed by atoms with Gasteiger partial charge in [0.15, 0.2) is 12.1 Å². The number of benzene rings is 1. The molecule has 0 amide bonds. The van der Waals surface area contributed by atoms with Gasteiger partial charge < -0.3 is 14.6 Å². The Morgan fingerprint density at radius 3 is 2.47 bits per heavy atom. The van der Waals surface area contributed by atoms with Gasteiger partial charge in [-0.15, -0.1) is 0 Å². The first-order chi connectivity index (χ1) is 17.2. The molecule has 0 bridgehead atoms. The van der Waals surface area contributed by atoms with Gasteiger partial charge in [0.1, 0.15) is 0 Å². The second kappa shape index (κ2) is 8.83. The van der Waals surface area contributed by atoms with Gasteiger partial charge in [-0.2, -0.15) is 0 Å². The zero-order valence-corrected chi connectivity index (χ0v) is 22.0. The number of aliphatic hydroxyl groups excluding tert-OH is 1. The third-order valence-corrected chi connectivity index (χ3v) is 10.3. The molecule has 1 aromatic rings. The Hall–Kier alpha value is -1.93. The molecule has 1 saturated heterocycles. The molecule has 0 radical (unpaired) electrons. The molecule has 6 unspecified atom stereocenters. The fourth-order valence-corrected chi connectivity index (χ4v) is 8.41. The minimum atomic E-state index is -0.405. The molecule has 36 heavy (non-hydrogen) atoms. The van der Waals surface area contributed by atoms with E-state index in [0.29, 0.717) is 30.0 Å². The Balaban J connectivity index is 1.37. The van der Waals surface area contributed by atoms with Gasteiger partial charge >= 0.3 is 0 Å². The van der Waals surface area contributed by atoms with Crippen LogP contribution in [-0.4, -0.2) is 36.5 Å². The van der Waals surface area contributed by atoms with Crippen LogP contribution in [0.5, 0.6) is 0 Å². The van der Waals surface area contributed by atoms with Crippen LogP contribution in [0.1, 0.15) is 89.2 Å². The summed E-state index contributed by atoms with van der Waals surface area (Å²) in [7, 11) is 0. The van der Waals surface area contributed by atoms with E-state index in [0.717, 1.165) is 57.3 Å². The van der Waals surface area contributed by atoms with E-state index in [2.05, 4.69) is 44.7 Å². The van der Waals surface area contributed by atoms with Gasteiger partial charge in [-0.3, -0.25) is 4.79 Å². The van der Waals surface area contributed by atoms with Gasteiger partial charge in [0, 0.05) is 29.7 Å². The van der Waals surface area contributed by atoms with Crippen LogP contribution in [0.4, 0.5) is 0 Å². The van der Waals surface area contributed by atoms with E-state index >= 15 is 0 Å². The lowest BCUT2D eigenvalue weighted by Crippen LogP contribution is -2.52. The van der Waals surface area contributed by atoms with Gasteiger partial charge in [0.05, 0.1) is 19.3 Å². The molecule has 4 heteroatoms. The molecule has 3 saturated carbocycles. The highest BCUT2D eigenvalue weighted by Crippen LogP contribution is 2.64. The first kappa shape index (κ1) is 24.4. The quantitative estimate of drug-likeness (QED) is 0.309. The largest absolute Gasteiger partial charge is 0.393 e. The van der Waals surface area contributed by atoms with Crippen molar-refractivity contribution in [1.82, 2.24) is 0 Å². The van der Waals surface area contributed by atoms with Crippen molar-refractivity contribution in [2.45, 2.75) is 89.9 Å². The molecule has 4 nitrogen and oxygen atoms in total. The Kier molecular flexibility index (Phi) is 5.99. The molecule has 1 N–H and O–H groups in total. The second-order valence-electron chi connectivity index (χ2n) is 13.2. The van der Waals surface area contributed by atoms with Crippen molar-refractivity contribution in [2.75, 3.05) is 13.2 Å². The summed E-state index contributed by atoms with van der Waals surface area (Å²) in [5.74, 6) is 7.03. The lowest BCUT2D eigenvalue weighted by molar-refractivity contribution is -0.312. The summed E-state index contributed by atoms with van der Waals surface area (Å²) < 4.78 is 12.9. The van der Waals surface area contributed by atoms with Crippen LogP contribution in [0.3, 0.4) is 0 Å². The smallest absolute Gasteiger partial charge is 0.193 e. The minimum Gasteiger partial charge on any atom is -0.393 e. The highest BCUT2D eigenvalue weighted by molar-refractivity contribution is 5.73. The minimum absolute atomic E-state index is 0.0285. The standard InChI is InChI=1S/C32H40O4/c1-30(2)19-35-32(36-20-30)15-14-24-23(17-32)10-11-25-27-12-13-28(34)31(27,3)18-26(29(24)25)22-8-6-21(7-9-22)5-4-16-33/h6-9,16,23,25-28,34H,10-15,17-20H2,1-3H3. The predicted octanol–water partition coefficient (Wildman–Crippen LogP) is 5.78. The number of aliphatic hydroxyl groups is 1. The van der Waals surface area contributed by atoms with E-state index in [1.54, 1.807) is 11.1 Å². The van der Waals surface area contributed by atoms with Crippen molar-refractivity contribution >= 4 is 6.29 Å². The van der Waals surface area contributed by atoms with Crippen LogP contribution in [0.25, 0.3) is 0 Å². The van der Waals surface area contributed by atoms with Crippen LogP contribution < -0.4 is 0 Å². The van der Waals surface area contributed by atoms with Crippen LogP contribution in [-0.2, 0) is 14.3 Å². The Morgan fingerprint density at radius 1 is 1.00 bits per heavy atom. The van der Waals surface area contributed by atoms with Crippen LogP contribution >= 0.6 is 0 Å². The fraction of sp³-hybridized carbons (Fsp3) is 0.656. The second-order valence-corrected chi connectivity index (χ2v) is 13.2. The van der Waals surface area contributed by atoms with E-state index in [9.17, 15) is 9.90 Å². The van der Waals surface area contributed by atoms with Gasteiger partial charge in [0.25, 0.3) is 0 Å². The zero-order valence-electron chi connectivity index (χ0n) is 22.0. The van der Waals surface area contributed by atoms with E-state index < -0.39 is 5.79 Å². The van der Waals surface area contributed by atoms with Crippen LogP contribution in [0, 0.1) is 40.4 Å². The molecular formula is C32H40O4. The normalized spacial score (nSPS) is 38.4. The van der Waals surface area contributed by atoms with E-state index in [1.807, 2.05) is 12.1 Å². The van der Waals surface area contributed by atoms with Gasteiger partial charge in [-0.1, -0.05) is 50.0 Å². The maximum atomic E-state index is 11.1. The van der Waals surface area contributed by atoms with Crippen LogP contribution in [0.2, 0.25) is 0 Å². The van der Waals surface area contributed by atoms with Crippen LogP contribution in [0.15, 0.2) is 35.4 Å². The molecule has 0 aromatic heterocycles. The highest BCUT2D eigenvalue weighted by Gasteiger charge is 2.57. The number of carbonyl (C=O) groups is 1. The number of hydrogen-bond donors (Lipinski definition) is 1. The van der Waals surface area contributed by atoms with Crippen molar-refractivity contribution in [3.63, 3.8) is 0 Å². The summed E-state index contributed by atoms with van der Waals surface area (Å²) in [6.07, 6.45) is 8.90. The van der Waals surface area contributed by atoms with E-state index in [-0.39, 0.29) is 16.9 Å². The molecule has 6 atom stereocenters. The average molecular weight is 489 g/mol. The van der Waals surface area contributed by atoms with E-state index in [4.69, 9.17) is 9.47 Å². The summed E-state index contributed by atoms with van der Waals surface area (Å²) in [5, 5.41) is 11.1. The van der Waals surface area contributed by atoms with Crippen molar-refractivity contribution in [3.8, 4) is 11.8 Å². The first-order valence-corrected chi connectivity index (χ1v) is 14.0. The van der Waals surface area contributed by atoms with Crippen molar-refractivity contribution < 1.29 is 19.4 Å². The average Bonchev–Trinajstić information content (AvgIpc) is 3.18. The van der Waals surface area contributed by atoms with Gasteiger partial charge in [-0.25, -0.2) is 0 Å². The molecule has 4 fully saturated rings. The number of allylic oxidation sites excluding steroid dienone is 2. The summed E-state index contributed by atoms with van der Waals surface area (Å²) in [4.78, 5) is 10.7. The number of ether oxygens (including phenoxy) is 2. The topological polar surface area (TPSA) is 55.8 Å². The van der Waals surface area contributed by atoms with Crippen molar-refractivity contribution in [2.24, 2.45) is 28.6 Å². The molecular weight excluding hydrogens is 448 g/mol. The highest BCUT2D eigenvalue weighted by atomic mass is 16.7. The van der Waals surface area contributed by atoms with Crippen molar-refractivity contribution in [3.05, 3.63) is 46.5 Å². The molecule has 5 aliphatic rings. The van der Waals surface area contributed by atoms with Gasteiger partial charge in [-0.05, 0) is 85.3 Å². The Morgan fingerprint density at radius 2 is 1.75 bits per heavy atom. The van der Waals surface area contributed by atoms with Gasteiger partial charge in [0.2, 0.25) is 0 Å². The summed E-state index contributed by atoms with van der Waals surface area (Å²) in [6.45, 7) is 8.33. The molecule has 192 valence electrons. The number of carbonyl (C=O) groups excluding carboxylic acids is 1. The Bertz CT molecular complexity index is 1110. The monoisotopic (exact) mass is 488 g/mol. The summed E-state index contributed by atoms with van der Waals surface area (Å²) in [5.41, 5.74) is 5.61. The number of hydrogen-bond acceptors (Lipinski definition) is 4. The SMILES string of the molecule is CC1(C)COC2(CCC3=C4C(c5ccc(C#CC=O)cc5)CC5(C)C(O)CCC5C4CCC3C2)OC1. The molecule has 1 spiro atoms.